The number of benzene rings is 1. The van der Waals surface area contributed by atoms with Gasteiger partial charge in [0.2, 0.25) is 0 Å². The average molecular weight is 236 g/mol. The molecule has 0 aliphatic carbocycles. The summed E-state index contributed by atoms with van der Waals surface area (Å²) in [7, 11) is 3.09. The van der Waals surface area contributed by atoms with Gasteiger partial charge in [-0.1, -0.05) is 11.2 Å². The summed E-state index contributed by atoms with van der Waals surface area (Å²) in [6.45, 7) is -0.277. The molecule has 0 saturated heterocycles. The summed E-state index contributed by atoms with van der Waals surface area (Å²) < 4.78 is 15.5. The van der Waals surface area contributed by atoms with E-state index in [9.17, 15) is 0 Å². The van der Waals surface area contributed by atoms with Crippen molar-refractivity contribution in [3.8, 4) is 23.0 Å². The lowest BCUT2D eigenvalue weighted by atomic mass is 10.1. The van der Waals surface area contributed by atoms with Crippen LogP contribution in [0, 0.1) is 0 Å². The first-order chi connectivity index (χ1) is 8.30. The molecule has 0 amide bonds. The monoisotopic (exact) mass is 236 g/mol. The highest BCUT2D eigenvalue weighted by Gasteiger charge is 2.18. The Labute approximate surface area is 97.8 Å². The molecule has 0 unspecified atom stereocenters. The molecule has 6 nitrogen and oxygen atoms in total. The van der Waals surface area contributed by atoms with Crippen LogP contribution in [-0.2, 0) is 6.61 Å². The molecular weight excluding hydrogens is 224 g/mol. The third-order valence-electron chi connectivity index (χ3n) is 2.25. The third-order valence-corrected chi connectivity index (χ3v) is 2.25. The van der Waals surface area contributed by atoms with Gasteiger partial charge in [-0.3, -0.25) is 0 Å². The molecule has 90 valence electrons. The first-order valence-corrected chi connectivity index (χ1v) is 4.95. The van der Waals surface area contributed by atoms with Crippen molar-refractivity contribution in [3.05, 3.63) is 24.0 Å². The molecule has 6 heteroatoms. The van der Waals surface area contributed by atoms with Crippen LogP contribution in [-0.4, -0.2) is 29.5 Å². The van der Waals surface area contributed by atoms with E-state index in [1.165, 1.54) is 0 Å². The number of aliphatic hydroxyl groups is 1. The summed E-state index contributed by atoms with van der Waals surface area (Å²) in [5, 5.41) is 12.5. The number of aliphatic hydroxyl groups excluding tert-OH is 1. The van der Waals surface area contributed by atoms with Crippen molar-refractivity contribution in [3.63, 3.8) is 0 Å². The van der Waals surface area contributed by atoms with Crippen LogP contribution in [0.2, 0.25) is 0 Å². The van der Waals surface area contributed by atoms with Crippen LogP contribution in [0.15, 0.2) is 22.7 Å². The fourth-order valence-corrected chi connectivity index (χ4v) is 1.48. The van der Waals surface area contributed by atoms with Crippen LogP contribution >= 0.6 is 0 Å². The zero-order chi connectivity index (χ0) is 12.3. The van der Waals surface area contributed by atoms with Crippen molar-refractivity contribution in [1.82, 2.24) is 10.1 Å². The number of aromatic nitrogens is 2. The summed E-state index contributed by atoms with van der Waals surface area (Å²) in [6.07, 6.45) is 0. The highest BCUT2D eigenvalue weighted by atomic mass is 16.5. The molecule has 1 N–H and O–H groups in total. The Morgan fingerprint density at radius 3 is 2.35 bits per heavy atom. The first kappa shape index (κ1) is 11.4. The minimum atomic E-state index is -0.277. The molecule has 1 aromatic carbocycles. The predicted molar refractivity (Wildman–Crippen MR) is 58.8 cm³/mol. The molecule has 0 radical (unpaired) electrons. The quantitative estimate of drug-likeness (QED) is 0.860. The number of hydrogen-bond acceptors (Lipinski definition) is 6. The molecule has 0 bridgehead atoms. The SMILES string of the molecule is COc1cccc(OC)c1-c1nc(CO)no1. The lowest BCUT2D eigenvalue weighted by Gasteiger charge is -2.09. The van der Waals surface area contributed by atoms with E-state index in [-0.39, 0.29) is 18.3 Å². The van der Waals surface area contributed by atoms with E-state index in [1.54, 1.807) is 32.4 Å². The molecule has 0 spiro atoms. The minimum Gasteiger partial charge on any atom is -0.496 e. The van der Waals surface area contributed by atoms with Crippen molar-refractivity contribution in [2.75, 3.05) is 14.2 Å². The fourth-order valence-electron chi connectivity index (χ4n) is 1.48. The van der Waals surface area contributed by atoms with Gasteiger partial charge in [0.1, 0.15) is 23.7 Å². The second kappa shape index (κ2) is 4.84. The van der Waals surface area contributed by atoms with Crippen molar-refractivity contribution in [1.29, 1.82) is 0 Å². The van der Waals surface area contributed by atoms with Crippen LogP contribution in [0.4, 0.5) is 0 Å². The molecule has 0 saturated carbocycles. The fraction of sp³-hybridized carbons (Fsp3) is 0.273. The van der Waals surface area contributed by atoms with Gasteiger partial charge in [-0.05, 0) is 12.1 Å². The van der Waals surface area contributed by atoms with E-state index in [4.69, 9.17) is 19.1 Å². The van der Waals surface area contributed by atoms with E-state index in [2.05, 4.69) is 10.1 Å². The van der Waals surface area contributed by atoms with Gasteiger partial charge in [-0.15, -0.1) is 0 Å². The second-order valence-electron chi connectivity index (χ2n) is 3.21. The molecule has 1 heterocycles. The van der Waals surface area contributed by atoms with E-state index >= 15 is 0 Å². The van der Waals surface area contributed by atoms with E-state index < -0.39 is 0 Å². The number of rotatable bonds is 4. The van der Waals surface area contributed by atoms with E-state index in [1.807, 2.05) is 0 Å². The topological polar surface area (TPSA) is 77.6 Å². The Bertz CT molecular complexity index is 488. The van der Waals surface area contributed by atoms with Gasteiger partial charge in [0.15, 0.2) is 5.82 Å². The molecule has 0 aliphatic rings. The molecule has 0 atom stereocenters. The Kier molecular flexibility index (Phi) is 3.24. The van der Waals surface area contributed by atoms with Crippen LogP contribution in [0.5, 0.6) is 11.5 Å². The van der Waals surface area contributed by atoms with Gasteiger partial charge >= 0.3 is 0 Å². The molecule has 0 fully saturated rings. The Morgan fingerprint density at radius 2 is 1.88 bits per heavy atom. The highest BCUT2D eigenvalue weighted by molar-refractivity contribution is 5.70. The Morgan fingerprint density at radius 1 is 1.24 bits per heavy atom. The predicted octanol–water partition coefficient (Wildman–Crippen LogP) is 1.25. The maximum absolute atomic E-state index is 8.90. The summed E-state index contributed by atoms with van der Waals surface area (Å²) in [4.78, 5) is 4.03. The third kappa shape index (κ3) is 2.07. The summed E-state index contributed by atoms with van der Waals surface area (Å²) in [5.74, 6) is 1.60. The first-order valence-electron chi connectivity index (χ1n) is 4.95. The molecule has 2 rings (SSSR count). The van der Waals surface area contributed by atoms with Crippen molar-refractivity contribution in [2.45, 2.75) is 6.61 Å². The van der Waals surface area contributed by atoms with Crippen molar-refractivity contribution in [2.24, 2.45) is 0 Å². The summed E-state index contributed by atoms with van der Waals surface area (Å²) in [6, 6.07) is 5.33. The second-order valence-corrected chi connectivity index (χ2v) is 3.21. The van der Waals surface area contributed by atoms with E-state index in [0.29, 0.717) is 17.1 Å². The number of methoxy groups -OCH3 is 2. The smallest absolute Gasteiger partial charge is 0.265 e. The zero-order valence-corrected chi connectivity index (χ0v) is 9.51. The Balaban J connectivity index is 2.55. The van der Waals surface area contributed by atoms with Gasteiger partial charge in [-0.2, -0.15) is 4.98 Å². The summed E-state index contributed by atoms with van der Waals surface area (Å²) in [5.41, 5.74) is 0.574. The van der Waals surface area contributed by atoms with Gasteiger partial charge in [-0.25, -0.2) is 0 Å². The molecule has 0 aliphatic heterocycles. The Hall–Kier alpha value is -2.08. The van der Waals surface area contributed by atoms with Gasteiger partial charge in [0.05, 0.1) is 14.2 Å². The zero-order valence-electron chi connectivity index (χ0n) is 9.51. The standard InChI is InChI=1S/C11H12N2O4/c1-15-7-4-3-5-8(16-2)10(7)11-12-9(6-14)13-17-11/h3-5,14H,6H2,1-2H3. The number of hydrogen-bond donors (Lipinski definition) is 1. The molecule has 2 aromatic rings. The van der Waals surface area contributed by atoms with Gasteiger partial charge in [0, 0.05) is 0 Å². The largest absolute Gasteiger partial charge is 0.496 e. The molecular formula is C11H12N2O4. The van der Waals surface area contributed by atoms with Crippen LogP contribution in [0.1, 0.15) is 5.82 Å². The lowest BCUT2D eigenvalue weighted by molar-refractivity contribution is 0.264. The van der Waals surface area contributed by atoms with Crippen LogP contribution < -0.4 is 9.47 Å². The van der Waals surface area contributed by atoms with Crippen LogP contribution in [0.3, 0.4) is 0 Å². The minimum absolute atomic E-state index is 0.216. The molecule has 1 aromatic heterocycles. The highest BCUT2D eigenvalue weighted by Crippen LogP contribution is 2.36. The number of ether oxygens (including phenoxy) is 2. The maximum atomic E-state index is 8.90. The normalized spacial score (nSPS) is 10.3. The maximum Gasteiger partial charge on any atom is 0.265 e. The molecule has 17 heavy (non-hydrogen) atoms. The van der Waals surface area contributed by atoms with Crippen molar-refractivity contribution < 1.29 is 19.1 Å². The number of nitrogens with zero attached hydrogens (tertiary/aromatic N) is 2. The summed E-state index contributed by atoms with van der Waals surface area (Å²) >= 11 is 0. The lowest BCUT2D eigenvalue weighted by Crippen LogP contribution is -1.93. The van der Waals surface area contributed by atoms with Crippen molar-refractivity contribution >= 4 is 0 Å². The van der Waals surface area contributed by atoms with Gasteiger partial charge < -0.3 is 19.1 Å². The average Bonchev–Trinajstić information content (AvgIpc) is 2.86. The van der Waals surface area contributed by atoms with Gasteiger partial charge in [0.25, 0.3) is 5.89 Å². The van der Waals surface area contributed by atoms with E-state index in [0.717, 1.165) is 0 Å². The van der Waals surface area contributed by atoms with Crippen LogP contribution in [0.25, 0.3) is 11.5 Å².